The number of nitrogens with two attached hydrogens (primary N) is 1. The molecule has 0 saturated carbocycles. The first-order valence-corrected chi connectivity index (χ1v) is 8.82. The Balaban J connectivity index is 1.67. The molecule has 0 aliphatic carbocycles. The largest absolute Gasteiger partial charge is 0.393 e. The molecule has 0 aliphatic heterocycles. The maximum absolute atomic E-state index is 11.3. The van der Waals surface area contributed by atoms with Crippen LogP contribution in [-0.4, -0.2) is 46.2 Å². The van der Waals surface area contributed by atoms with Crippen LogP contribution in [0.1, 0.15) is 10.7 Å². The molecule has 2 aromatic heterocycles. The maximum atomic E-state index is 11.3. The molecule has 2 aromatic rings. The number of hydrogen-bond donors (Lipinski definition) is 3. The summed E-state index contributed by atoms with van der Waals surface area (Å²) in [4.78, 5) is 24.6. The van der Waals surface area contributed by atoms with Crippen LogP contribution in [0.15, 0.2) is 16.4 Å². The second-order valence-corrected chi connectivity index (χ2v) is 7.01. The van der Waals surface area contributed by atoms with Gasteiger partial charge in [0.05, 0.1) is 11.9 Å². The fourth-order valence-corrected chi connectivity index (χ4v) is 3.44. The molecule has 0 spiro atoms. The zero-order valence-electron chi connectivity index (χ0n) is 12.6. The lowest BCUT2D eigenvalue weighted by molar-refractivity contribution is 0.401. The highest BCUT2D eigenvalue weighted by Gasteiger charge is 2.03. The van der Waals surface area contributed by atoms with Gasteiger partial charge in [0.25, 0.3) is 5.56 Å². The van der Waals surface area contributed by atoms with Crippen LogP contribution in [-0.2, 0) is 12.3 Å². The summed E-state index contributed by atoms with van der Waals surface area (Å²) in [5.41, 5.74) is 6.33. The van der Waals surface area contributed by atoms with Gasteiger partial charge in [-0.15, -0.1) is 11.3 Å². The lowest BCUT2D eigenvalue weighted by Crippen LogP contribution is -2.16. The van der Waals surface area contributed by atoms with Crippen LogP contribution >= 0.6 is 23.1 Å². The molecule has 4 N–H and O–H groups in total. The second-order valence-electron chi connectivity index (χ2n) is 4.97. The Kier molecular flexibility index (Phi) is 6.22. The summed E-state index contributed by atoms with van der Waals surface area (Å²) in [5, 5.41) is 6.31. The number of anilines is 2. The number of thiazole rings is 1. The number of H-pyrrole nitrogens is 1. The van der Waals surface area contributed by atoms with Crippen LogP contribution in [0.5, 0.6) is 0 Å². The molecule has 0 fully saturated rings. The molecular weight excluding hydrogens is 320 g/mol. The molecule has 2 heterocycles. The molecular formula is C13H20N6OS2. The Morgan fingerprint density at radius 2 is 2.32 bits per heavy atom. The van der Waals surface area contributed by atoms with Crippen molar-refractivity contribution in [2.24, 2.45) is 0 Å². The minimum atomic E-state index is -0.318. The van der Waals surface area contributed by atoms with Gasteiger partial charge in [-0.2, -0.15) is 11.8 Å². The van der Waals surface area contributed by atoms with Crippen LogP contribution in [0.4, 0.5) is 11.6 Å². The van der Waals surface area contributed by atoms with E-state index in [-0.39, 0.29) is 11.2 Å². The minimum absolute atomic E-state index is 0.122. The van der Waals surface area contributed by atoms with Crippen molar-refractivity contribution in [1.82, 2.24) is 19.9 Å². The third-order valence-corrected chi connectivity index (χ3v) is 4.54. The molecule has 0 bridgehead atoms. The fraction of sp³-hybridized carbons (Fsp3) is 0.462. The highest BCUT2D eigenvalue weighted by molar-refractivity contribution is 7.98. The van der Waals surface area contributed by atoms with Crippen molar-refractivity contribution in [3.05, 3.63) is 32.6 Å². The quantitative estimate of drug-likeness (QED) is 0.621. The third kappa shape index (κ3) is 5.32. The number of nitrogen functional groups attached to an aromatic ring is 1. The summed E-state index contributed by atoms with van der Waals surface area (Å²) in [7, 11) is 4.08. The lowest BCUT2D eigenvalue weighted by atomic mass is 10.5. The van der Waals surface area contributed by atoms with Crippen LogP contribution in [0.2, 0.25) is 0 Å². The SMILES string of the molecule is CN(C)Cc1nc(CSCCNc2ncc(N)c(=O)[nH]2)cs1. The molecule has 0 atom stereocenters. The molecule has 0 aliphatic rings. The van der Waals surface area contributed by atoms with Gasteiger partial charge < -0.3 is 16.0 Å². The molecule has 9 heteroatoms. The first-order chi connectivity index (χ1) is 10.5. The number of nitrogens with one attached hydrogen (secondary N) is 2. The minimum Gasteiger partial charge on any atom is -0.393 e. The van der Waals surface area contributed by atoms with Crippen molar-refractivity contribution in [3.8, 4) is 0 Å². The Bertz CT molecular complexity index is 654. The van der Waals surface area contributed by atoms with Crippen molar-refractivity contribution >= 4 is 34.7 Å². The van der Waals surface area contributed by atoms with Crippen molar-refractivity contribution in [1.29, 1.82) is 0 Å². The van der Waals surface area contributed by atoms with E-state index in [1.807, 2.05) is 14.1 Å². The predicted molar refractivity (Wildman–Crippen MR) is 93.4 cm³/mol. The Morgan fingerprint density at radius 1 is 1.50 bits per heavy atom. The van der Waals surface area contributed by atoms with Gasteiger partial charge in [0.15, 0.2) is 0 Å². The van der Waals surface area contributed by atoms with E-state index in [0.717, 1.165) is 28.8 Å². The molecule has 0 radical (unpaired) electrons. The highest BCUT2D eigenvalue weighted by Crippen LogP contribution is 2.16. The van der Waals surface area contributed by atoms with Gasteiger partial charge in [-0.05, 0) is 14.1 Å². The van der Waals surface area contributed by atoms with E-state index < -0.39 is 0 Å². The molecule has 0 unspecified atom stereocenters. The van der Waals surface area contributed by atoms with Crippen LogP contribution in [0.25, 0.3) is 0 Å². The monoisotopic (exact) mass is 340 g/mol. The van der Waals surface area contributed by atoms with Gasteiger partial charge in [-0.3, -0.25) is 9.78 Å². The predicted octanol–water partition coefficient (Wildman–Crippen LogP) is 1.22. The van der Waals surface area contributed by atoms with Gasteiger partial charge in [0.2, 0.25) is 5.95 Å². The van der Waals surface area contributed by atoms with E-state index in [2.05, 4.69) is 30.5 Å². The van der Waals surface area contributed by atoms with Gasteiger partial charge in [0.1, 0.15) is 10.7 Å². The molecule has 22 heavy (non-hydrogen) atoms. The van der Waals surface area contributed by atoms with Crippen molar-refractivity contribution in [2.75, 3.05) is 37.4 Å². The third-order valence-electron chi connectivity index (χ3n) is 2.67. The lowest BCUT2D eigenvalue weighted by Gasteiger charge is -2.05. The van der Waals surface area contributed by atoms with Gasteiger partial charge >= 0.3 is 0 Å². The van der Waals surface area contributed by atoms with E-state index in [1.54, 1.807) is 23.1 Å². The highest BCUT2D eigenvalue weighted by atomic mass is 32.2. The molecule has 0 aromatic carbocycles. The first kappa shape index (κ1) is 16.8. The summed E-state index contributed by atoms with van der Waals surface area (Å²) >= 11 is 3.49. The van der Waals surface area contributed by atoms with E-state index in [0.29, 0.717) is 12.5 Å². The van der Waals surface area contributed by atoms with Crippen molar-refractivity contribution < 1.29 is 0 Å². The van der Waals surface area contributed by atoms with E-state index in [1.165, 1.54) is 6.20 Å². The Labute approximate surface area is 137 Å². The number of rotatable bonds is 8. The van der Waals surface area contributed by atoms with Crippen LogP contribution in [0, 0.1) is 0 Å². The molecule has 2 rings (SSSR count). The molecule has 120 valence electrons. The Hall–Kier alpha value is -1.58. The number of nitrogens with zero attached hydrogens (tertiary/aromatic N) is 3. The van der Waals surface area contributed by atoms with E-state index in [9.17, 15) is 4.79 Å². The van der Waals surface area contributed by atoms with Crippen molar-refractivity contribution in [3.63, 3.8) is 0 Å². The summed E-state index contributed by atoms with van der Waals surface area (Å²) in [6.45, 7) is 1.60. The van der Waals surface area contributed by atoms with E-state index in [4.69, 9.17) is 5.73 Å². The van der Waals surface area contributed by atoms with Gasteiger partial charge in [-0.25, -0.2) is 9.97 Å². The second kappa shape index (κ2) is 8.16. The average Bonchev–Trinajstić information content (AvgIpc) is 2.89. The fourth-order valence-electron chi connectivity index (χ4n) is 1.67. The topological polar surface area (TPSA) is 99.9 Å². The maximum Gasteiger partial charge on any atom is 0.275 e. The summed E-state index contributed by atoms with van der Waals surface area (Å²) in [6.07, 6.45) is 1.36. The van der Waals surface area contributed by atoms with Crippen LogP contribution < -0.4 is 16.6 Å². The molecule has 0 amide bonds. The normalized spacial score (nSPS) is 11.0. The molecule has 7 nitrogen and oxygen atoms in total. The number of hydrogen-bond acceptors (Lipinski definition) is 8. The zero-order chi connectivity index (χ0) is 15.9. The smallest absolute Gasteiger partial charge is 0.275 e. The van der Waals surface area contributed by atoms with Crippen LogP contribution in [0.3, 0.4) is 0 Å². The first-order valence-electron chi connectivity index (χ1n) is 6.79. The molecule has 0 saturated heterocycles. The van der Waals surface area contributed by atoms with Gasteiger partial charge in [0, 0.05) is 30.0 Å². The van der Waals surface area contributed by atoms with Crippen molar-refractivity contribution in [2.45, 2.75) is 12.3 Å². The number of aromatic amines is 1. The summed E-state index contributed by atoms with van der Waals surface area (Å²) in [6, 6.07) is 0. The standard InChI is InChI=1S/C13H20N6OS2/c1-19(2)6-11-17-9(8-22-11)7-21-4-3-15-13-16-5-10(14)12(20)18-13/h5,8H,3-4,6-7,14H2,1-2H3,(H2,15,16,18,20). The zero-order valence-corrected chi connectivity index (χ0v) is 14.3. The average molecular weight is 340 g/mol. The summed E-state index contributed by atoms with van der Waals surface area (Å²) < 4.78 is 0. The number of aromatic nitrogens is 3. The Morgan fingerprint density at radius 3 is 3.05 bits per heavy atom. The summed E-state index contributed by atoms with van der Waals surface area (Å²) in [5.74, 6) is 2.23. The number of thioether (sulfide) groups is 1. The van der Waals surface area contributed by atoms with Gasteiger partial charge in [-0.1, -0.05) is 0 Å². The van der Waals surface area contributed by atoms with E-state index >= 15 is 0 Å².